The zero-order valence-electron chi connectivity index (χ0n) is 15.1. The Kier molecular flexibility index (Phi) is 12.3. The molecule has 1 unspecified atom stereocenters. The molecule has 1 rings (SSSR count). The molecule has 26 heavy (non-hydrogen) atoms. The monoisotopic (exact) mass is 393 g/mol. The number of hydrogen-bond donors (Lipinski definition) is 1. The normalized spacial score (nSPS) is 11.2. The molecule has 1 aromatic carbocycles. The number of rotatable bonds is 9. The third-order valence-electron chi connectivity index (χ3n) is 3.24. The van der Waals surface area contributed by atoms with E-state index in [4.69, 9.17) is 16.3 Å². The smallest absolute Gasteiger partial charge is 0.549 e. The molecule has 1 aromatic rings. The molecule has 0 aliphatic heterocycles. The van der Waals surface area contributed by atoms with Crippen molar-refractivity contribution in [3.63, 3.8) is 0 Å². The van der Waals surface area contributed by atoms with Crippen LogP contribution in [0.3, 0.4) is 0 Å². The van der Waals surface area contributed by atoms with Crippen molar-refractivity contribution in [2.75, 3.05) is 13.3 Å². The third kappa shape index (κ3) is 10.0. The van der Waals surface area contributed by atoms with Gasteiger partial charge >= 0.3 is 41.6 Å². The van der Waals surface area contributed by atoms with Crippen molar-refractivity contribution in [1.29, 1.82) is 0 Å². The van der Waals surface area contributed by atoms with Gasteiger partial charge in [-0.1, -0.05) is 37.6 Å². The zero-order chi connectivity index (χ0) is 18.8. The van der Waals surface area contributed by atoms with E-state index in [-0.39, 0.29) is 54.9 Å². The molecule has 0 aliphatic carbocycles. The molecule has 7 nitrogen and oxygen atoms in total. The number of nitrogens with one attached hydrogen (secondary N) is 1. The first-order valence-electron chi connectivity index (χ1n) is 7.82. The topological polar surface area (TPSA) is 105 Å². The standard InChI is InChI=1S/C17H22ClNO6.Na/c1-11(2)9-15(20)24-10-25-17(23)19-8-7-14(16(21)22)12-3-5-13(18)6-4-12;/h3-6,11,14H,7-10H2,1-2H3,(H,19,23)(H,21,22);/q;+1/p-1. The number of amides is 1. The molecule has 138 valence electrons. The van der Waals surface area contributed by atoms with Gasteiger partial charge in [-0.15, -0.1) is 0 Å². The molecule has 0 fully saturated rings. The molecular formula is C17H21ClNNaO6. The molecule has 1 N–H and O–H groups in total. The van der Waals surface area contributed by atoms with E-state index in [1.165, 1.54) is 0 Å². The number of carboxylic acid groups (broad SMARTS) is 1. The Morgan fingerprint density at radius 1 is 1.15 bits per heavy atom. The van der Waals surface area contributed by atoms with E-state index in [1.807, 2.05) is 13.8 Å². The number of aliphatic carboxylic acids is 1. The SMILES string of the molecule is CC(C)CC(=O)OCOC(=O)NCCC(C(=O)[O-])c1ccc(Cl)cc1.[Na+]. The Labute approximate surface area is 179 Å². The number of carbonyl (C=O) groups is 3. The zero-order valence-corrected chi connectivity index (χ0v) is 17.9. The van der Waals surface area contributed by atoms with Crippen LogP contribution in [0, 0.1) is 5.92 Å². The second-order valence-electron chi connectivity index (χ2n) is 5.80. The van der Waals surface area contributed by atoms with Crippen LogP contribution in [-0.2, 0) is 19.1 Å². The van der Waals surface area contributed by atoms with Crippen LogP contribution in [0.15, 0.2) is 24.3 Å². The fraction of sp³-hybridized carbons (Fsp3) is 0.471. The van der Waals surface area contributed by atoms with Gasteiger partial charge < -0.3 is 24.7 Å². The number of carbonyl (C=O) groups excluding carboxylic acids is 3. The van der Waals surface area contributed by atoms with E-state index in [2.05, 4.69) is 10.1 Å². The summed E-state index contributed by atoms with van der Waals surface area (Å²) in [4.78, 5) is 34.0. The maximum Gasteiger partial charge on any atom is 1.00 e. The summed E-state index contributed by atoms with van der Waals surface area (Å²) in [5.41, 5.74) is 0.530. The molecular weight excluding hydrogens is 373 g/mol. The van der Waals surface area contributed by atoms with Gasteiger partial charge in [-0.25, -0.2) is 4.79 Å². The Balaban J connectivity index is 0.00000625. The average molecular weight is 394 g/mol. The summed E-state index contributed by atoms with van der Waals surface area (Å²) in [5.74, 6) is -2.44. The van der Waals surface area contributed by atoms with Gasteiger partial charge in [0.1, 0.15) is 0 Å². The van der Waals surface area contributed by atoms with Crippen molar-refractivity contribution in [3.8, 4) is 0 Å². The number of esters is 1. The number of ether oxygens (including phenoxy) is 2. The van der Waals surface area contributed by atoms with Gasteiger partial charge in [0.15, 0.2) is 0 Å². The van der Waals surface area contributed by atoms with Gasteiger partial charge in [0.2, 0.25) is 6.79 Å². The predicted molar refractivity (Wildman–Crippen MR) is 88.7 cm³/mol. The fourth-order valence-corrected chi connectivity index (χ4v) is 2.15. The van der Waals surface area contributed by atoms with E-state index < -0.39 is 30.7 Å². The molecule has 0 aromatic heterocycles. The summed E-state index contributed by atoms with van der Waals surface area (Å²) in [5, 5.41) is 14.1. The minimum atomic E-state index is -1.25. The summed E-state index contributed by atoms with van der Waals surface area (Å²) in [6.07, 6.45) is -0.448. The number of benzene rings is 1. The second kappa shape index (κ2) is 13.0. The Morgan fingerprint density at radius 3 is 2.31 bits per heavy atom. The number of alkyl carbamates (subject to hydrolysis) is 1. The summed E-state index contributed by atoms with van der Waals surface area (Å²) in [6.45, 7) is 3.30. The van der Waals surface area contributed by atoms with Gasteiger partial charge in [0.05, 0.1) is 0 Å². The molecule has 0 spiro atoms. The summed E-state index contributed by atoms with van der Waals surface area (Å²) in [6, 6.07) is 6.35. The molecule has 1 amide bonds. The Hall–Kier alpha value is -1.28. The summed E-state index contributed by atoms with van der Waals surface area (Å²) < 4.78 is 9.42. The first-order chi connectivity index (χ1) is 11.8. The van der Waals surface area contributed by atoms with Crippen molar-refractivity contribution in [1.82, 2.24) is 5.32 Å². The number of hydrogen-bond acceptors (Lipinski definition) is 6. The average Bonchev–Trinajstić information content (AvgIpc) is 2.51. The molecule has 9 heteroatoms. The van der Waals surface area contributed by atoms with Gasteiger partial charge in [0, 0.05) is 29.9 Å². The van der Waals surface area contributed by atoms with Crippen LogP contribution in [0.2, 0.25) is 5.02 Å². The largest absolute Gasteiger partial charge is 1.00 e. The van der Waals surface area contributed by atoms with Crippen molar-refractivity contribution in [3.05, 3.63) is 34.9 Å². The van der Waals surface area contributed by atoms with Crippen molar-refractivity contribution in [2.45, 2.75) is 32.6 Å². The summed E-state index contributed by atoms with van der Waals surface area (Å²) >= 11 is 5.77. The third-order valence-corrected chi connectivity index (χ3v) is 3.50. The van der Waals surface area contributed by atoms with Gasteiger partial charge in [-0.2, -0.15) is 0 Å². The number of carboxylic acids is 1. The Bertz CT molecular complexity index is 593. The van der Waals surface area contributed by atoms with Crippen LogP contribution >= 0.6 is 11.6 Å². The van der Waals surface area contributed by atoms with E-state index in [1.54, 1.807) is 24.3 Å². The molecule has 0 aliphatic rings. The van der Waals surface area contributed by atoms with Gasteiger partial charge in [0.25, 0.3) is 0 Å². The number of halogens is 1. The quantitative estimate of drug-likeness (QED) is 0.322. The first kappa shape index (κ1) is 24.7. The van der Waals surface area contributed by atoms with Crippen LogP contribution in [0.25, 0.3) is 0 Å². The molecule has 0 heterocycles. The second-order valence-corrected chi connectivity index (χ2v) is 6.24. The molecule has 0 radical (unpaired) electrons. The molecule has 0 saturated heterocycles. The van der Waals surface area contributed by atoms with E-state index in [0.29, 0.717) is 10.6 Å². The maximum absolute atomic E-state index is 11.5. The fourth-order valence-electron chi connectivity index (χ4n) is 2.03. The molecule has 0 bridgehead atoms. The van der Waals surface area contributed by atoms with Crippen LogP contribution in [-0.4, -0.2) is 31.4 Å². The maximum atomic E-state index is 11.5. The molecule has 1 atom stereocenters. The van der Waals surface area contributed by atoms with Crippen LogP contribution in [0.1, 0.15) is 38.2 Å². The van der Waals surface area contributed by atoms with Crippen molar-refractivity contribution < 1.29 is 58.5 Å². The van der Waals surface area contributed by atoms with Gasteiger partial charge in [-0.05, 0) is 30.0 Å². The van der Waals surface area contributed by atoms with Crippen molar-refractivity contribution >= 4 is 29.6 Å². The molecule has 0 saturated carbocycles. The Morgan fingerprint density at radius 2 is 1.77 bits per heavy atom. The predicted octanol–water partition coefficient (Wildman–Crippen LogP) is -1.16. The van der Waals surface area contributed by atoms with Crippen LogP contribution < -0.4 is 40.0 Å². The van der Waals surface area contributed by atoms with E-state index in [0.717, 1.165) is 0 Å². The minimum absolute atomic E-state index is 0. The van der Waals surface area contributed by atoms with E-state index >= 15 is 0 Å². The van der Waals surface area contributed by atoms with Crippen LogP contribution in [0.5, 0.6) is 0 Å². The summed E-state index contributed by atoms with van der Waals surface area (Å²) in [7, 11) is 0. The van der Waals surface area contributed by atoms with Crippen LogP contribution in [0.4, 0.5) is 4.79 Å². The first-order valence-corrected chi connectivity index (χ1v) is 8.20. The van der Waals surface area contributed by atoms with Crippen molar-refractivity contribution in [2.24, 2.45) is 5.92 Å². The van der Waals surface area contributed by atoms with Gasteiger partial charge in [-0.3, -0.25) is 4.79 Å². The minimum Gasteiger partial charge on any atom is -0.549 e. The van der Waals surface area contributed by atoms with E-state index in [9.17, 15) is 19.5 Å².